The maximum absolute atomic E-state index is 12.2. The minimum Gasteiger partial charge on any atom is -0.444 e. The van der Waals surface area contributed by atoms with E-state index in [9.17, 15) is 14.9 Å². The molecule has 1 aliphatic rings. The van der Waals surface area contributed by atoms with E-state index < -0.39 is 17.2 Å². The first-order chi connectivity index (χ1) is 11.4. The fraction of sp³-hybridized carbons (Fsp3) is 0.833. The number of hydrogen-bond acceptors (Lipinski definition) is 5. The fourth-order valence-corrected chi connectivity index (χ4v) is 2.54. The summed E-state index contributed by atoms with van der Waals surface area (Å²) >= 11 is 0. The maximum Gasteiger partial charge on any atom is 0.407 e. The van der Waals surface area contributed by atoms with Crippen molar-refractivity contribution >= 4 is 12.0 Å². The Kier molecular flexibility index (Phi) is 7.24. The highest BCUT2D eigenvalue weighted by Crippen LogP contribution is 2.16. The summed E-state index contributed by atoms with van der Waals surface area (Å²) in [5, 5.41) is 15.0. The molecule has 1 fully saturated rings. The summed E-state index contributed by atoms with van der Waals surface area (Å²) in [5.41, 5.74) is -1.36. The van der Waals surface area contributed by atoms with Crippen molar-refractivity contribution in [1.29, 1.82) is 5.26 Å². The molecule has 0 saturated carbocycles. The molecule has 0 aromatic rings. The molecular weight excluding hydrogens is 320 g/mol. The summed E-state index contributed by atoms with van der Waals surface area (Å²) in [4.78, 5) is 26.1. The quantitative estimate of drug-likeness (QED) is 0.789. The van der Waals surface area contributed by atoms with Crippen LogP contribution < -0.4 is 10.6 Å². The Morgan fingerprint density at radius 1 is 1.24 bits per heavy atom. The van der Waals surface area contributed by atoms with E-state index in [0.29, 0.717) is 0 Å². The molecule has 1 rings (SSSR count). The normalized spacial score (nSPS) is 19.0. The van der Waals surface area contributed by atoms with Crippen molar-refractivity contribution in [2.24, 2.45) is 5.92 Å². The first-order valence-corrected chi connectivity index (χ1v) is 8.89. The third-order valence-corrected chi connectivity index (χ3v) is 4.46. The van der Waals surface area contributed by atoms with E-state index in [1.807, 2.05) is 39.5 Å². The molecule has 0 aromatic carbocycles. The standard InChI is InChI=1S/C18H32N4O3/c1-13(2)18(6,12-19)21-15(23)11-22-9-7-14(8-10-22)20-16(24)25-17(3,4)5/h13-14H,7-11H2,1-6H3,(H,20,24)(H,21,23). The monoisotopic (exact) mass is 352 g/mol. The zero-order valence-electron chi connectivity index (χ0n) is 16.3. The number of hydrogen-bond donors (Lipinski definition) is 2. The molecule has 0 radical (unpaired) electrons. The summed E-state index contributed by atoms with van der Waals surface area (Å²) < 4.78 is 5.26. The van der Waals surface area contributed by atoms with Gasteiger partial charge in [-0.2, -0.15) is 5.26 Å². The fourth-order valence-electron chi connectivity index (χ4n) is 2.54. The third-order valence-electron chi connectivity index (χ3n) is 4.46. The largest absolute Gasteiger partial charge is 0.444 e. The molecule has 142 valence electrons. The van der Waals surface area contributed by atoms with Gasteiger partial charge in [0.1, 0.15) is 11.1 Å². The average molecular weight is 352 g/mol. The Labute approximate surface area is 151 Å². The molecule has 25 heavy (non-hydrogen) atoms. The zero-order valence-corrected chi connectivity index (χ0v) is 16.3. The number of carbonyl (C=O) groups excluding carboxylic acids is 2. The van der Waals surface area contributed by atoms with E-state index in [4.69, 9.17) is 4.74 Å². The number of amides is 2. The predicted molar refractivity (Wildman–Crippen MR) is 95.8 cm³/mol. The van der Waals surface area contributed by atoms with Gasteiger partial charge in [-0.1, -0.05) is 13.8 Å². The number of rotatable bonds is 5. The lowest BCUT2D eigenvalue weighted by atomic mass is 9.90. The second kappa shape index (κ2) is 8.52. The molecule has 1 unspecified atom stereocenters. The number of alkyl carbamates (subject to hydrolysis) is 1. The highest BCUT2D eigenvalue weighted by molar-refractivity contribution is 5.79. The van der Waals surface area contributed by atoms with Crippen molar-refractivity contribution < 1.29 is 14.3 Å². The highest BCUT2D eigenvalue weighted by atomic mass is 16.6. The van der Waals surface area contributed by atoms with Crippen molar-refractivity contribution in [2.75, 3.05) is 19.6 Å². The van der Waals surface area contributed by atoms with Crippen LogP contribution >= 0.6 is 0 Å². The molecule has 0 spiro atoms. The highest BCUT2D eigenvalue weighted by Gasteiger charge is 2.31. The van der Waals surface area contributed by atoms with Crippen LogP contribution in [0, 0.1) is 17.2 Å². The van der Waals surface area contributed by atoms with Crippen molar-refractivity contribution in [3.63, 3.8) is 0 Å². The van der Waals surface area contributed by atoms with E-state index in [-0.39, 0.29) is 24.4 Å². The van der Waals surface area contributed by atoms with Crippen molar-refractivity contribution in [3.8, 4) is 6.07 Å². The van der Waals surface area contributed by atoms with Gasteiger partial charge in [0.2, 0.25) is 5.91 Å². The van der Waals surface area contributed by atoms with Gasteiger partial charge >= 0.3 is 6.09 Å². The smallest absolute Gasteiger partial charge is 0.407 e. The summed E-state index contributed by atoms with van der Waals surface area (Å²) in [6, 6.07) is 2.25. The third kappa shape index (κ3) is 7.30. The molecule has 7 nitrogen and oxygen atoms in total. The second-order valence-electron chi connectivity index (χ2n) is 8.21. The van der Waals surface area contributed by atoms with Crippen LogP contribution in [0.4, 0.5) is 4.79 Å². The summed E-state index contributed by atoms with van der Waals surface area (Å²) in [7, 11) is 0. The van der Waals surface area contributed by atoms with Gasteiger partial charge in [-0.15, -0.1) is 0 Å². The molecule has 1 aliphatic heterocycles. The van der Waals surface area contributed by atoms with Gasteiger partial charge in [-0.25, -0.2) is 4.79 Å². The Morgan fingerprint density at radius 2 is 1.80 bits per heavy atom. The molecule has 0 bridgehead atoms. The number of ether oxygens (including phenoxy) is 1. The number of nitrogens with zero attached hydrogens (tertiary/aromatic N) is 2. The molecule has 7 heteroatoms. The van der Waals surface area contributed by atoms with E-state index in [2.05, 4.69) is 16.7 Å². The first kappa shape index (κ1) is 21.2. The number of nitrogens with one attached hydrogen (secondary N) is 2. The van der Waals surface area contributed by atoms with Gasteiger partial charge in [0.25, 0.3) is 0 Å². The summed E-state index contributed by atoms with van der Waals surface area (Å²) in [6.45, 7) is 12.8. The van der Waals surface area contributed by atoms with Gasteiger partial charge in [0.05, 0.1) is 12.6 Å². The van der Waals surface area contributed by atoms with Crippen molar-refractivity contribution in [3.05, 3.63) is 0 Å². The van der Waals surface area contributed by atoms with Gasteiger partial charge in [0, 0.05) is 19.1 Å². The SMILES string of the molecule is CC(C)C(C)(C#N)NC(=O)CN1CCC(NC(=O)OC(C)(C)C)CC1. The van der Waals surface area contributed by atoms with Gasteiger partial charge in [-0.3, -0.25) is 9.69 Å². The van der Waals surface area contributed by atoms with Gasteiger partial charge in [-0.05, 0) is 46.5 Å². The number of piperidine rings is 1. The second-order valence-corrected chi connectivity index (χ2v) is 8.21. The van der Waals surface area contributed by atoms with E-state index in [1.54, 1.807) is 6.92 Å². The van der Waals surface area contributed by atoms with Crippen LogP contribution in [0.5, 0.6) is 0 Å². The number of carbonyl (C=O) groups is 2. The van der Waals surface area contributed by atoms with Crippen LogP contribution in [-0.2, 0) is 9.53 Å². The van der Waals surface area contributed by atoms with E-state index in [1.165, 1.54) is 0 Å². The minimum atomic E-state index is -0.853. The molecule has 0 aromatic heterocycles. The Morgan fingerprint density at radius 3 is 2.24 bits per heavy atom. The van der Waals surface area contributed by atoms with Crippen LogP contribution in [0.1, 0.15) is 54.4 Å². The summed E-state index contributed by atoms with van der Waals surface area (Å²) in [6.07, 6.45) is 1.14. The topological polar surface area (TPSA) is 94.5 Å². The maximum atomic E-state index is 12.2. The molecule has 2 amide bonds. The lowest BCUT2D eigenvalue weighted by Crippen LogP contribution is -2.53. The number of likely N-dealkylation sites (tertiary alicyclic amines) is 1. The van der Waals surface area contributed by atoms with Crippen LogP contribution in [-0.4, -0.2) is 53.7 Å². The van der Waals surface area contributed by atoms with Crippen molar-refractivity contribution in [2.45, 2.75) is 71.6 Å². The van der Waals surface area contributed by atoms with E-state index in [0.717, 1.165) is 25.9 Å². The van der Waals surface area contributed by atoms with Gasteiger partial charge in [0.15, 0.2) is 0 Å². The lowest BCUT2D eigenvalue weighted by molar-refractivity contribution is -0.124. The first-order valence-electron chi connectivity index (χ1n) is 8.89. The summed E-state index contributed by atoms with van der Waals surface area (Å²) in [5.74, 6) is -0.110. The van der Waals surface area contributed by atoms with Crippen LogP contribution in [0.3, 0.4) is 0 Å². The molecule has 1 saturated heterocycles. The van der Waals surface area contributed by atoms with Crippen LogP contribution in [0.2, 0.25) is 0 Å². The number of nitriles is 1. The average Bonchev–Trinajstić information content (AvgIpc) is 2.46. The van der Waals surface area contributed by atoms with Gasteiger partial charge < -0.3 is 15.4 Å². The van der Waals surface area contributed by atoms with E-state index >= 15 is 0 Å². The van der Waals surface area contributed by atoms with Crippen molar-refractivity contribution in [1.82, 2.24) is 15.5 Å². The molecular formula is C18H32N4O3. The predicted octanol–water partition coefficient (Wildman–Crippen LogP) is 2.03. The van der Waals surface area contributed by atoms with Crippen LogP contribution in [0.15, 0.2) is 0 Å². The zero-order chi connectivity index (χ0) is 19.3. The van der Waals surface area contributed by atoms with Crippen LogP contribution in [0.25, 0.3) is 0 Å². The molecule has 1 heterocycles. The molecule has 2 N–H and O–H groups in total. The lowest BCUT2D eigenvalue weighted by Gasteiger charge is -2.33. The minimum absolute atomic E-state index is 0.0326. The Hall–Kier alpha value is -1.81. The Bertz CT molecular complexity index is 513. The molecule has 1 atom stereocenters. The Balaban J connectivity index is 2.39. The molecule has 0 aliphatic carbocycles.